The van der Waals surface area contributed by atoms with Crippen LogP contribution in [0.4, 0.5) is 5.00 Å². The van der Waals surface area contributed by atoms with Crippen LogP contribution in [0.5, 0.6) is 0 Å². The molecule has 10 heteroatoms. The Bertz CT molecular complexity index is 1340. The third-order valence-corrected chi connectivity index (χ3v) is 8.83. The van der Waals surface area contributed by atoms with E-state index >= 15 is 0 Å². The molecule has 1 N–H and O–H groups in total. The first-order valence-electron chi connectivity index (χ1n) is 11.4. The van der Waals surface area contributed by atoms with Crippen molar-refractivity contribution in [3.63, 3.8) is 0 Å². The number of esters is 1. The fraction of sp³-hybridized carbons (Fsp3) is 0.360. The molecule has 1 aromatic carbocycles. The second-order valence-corrected chi connectivity index (χ2v) is 11.2. The summed E-state index contributed by atoms with van der Waals surface area (Å²) >= 11 is 4.11. The summed E-state index contributed by atoms with van der Waals surface area (Å²) < 4.78 is 7.99. The van der Waals surface area contributed by atoms with Gasteiger partial charge in [-0.3, -0.25) is 9.59 Å². The van der Waals surface area contributed by atoms with E-state index in [1.165, 1.54) is 41.5 Å². The van der Waals surface area contributed by atoms with Gasteiger partial charge in [-0.15, -0.1) is 29.7 Å². The number of carbonyl (C=O) groups excluding carboxylic acids is 3. The fourth-order valence-corrected chi connectivity index (χ4v) is 7.04. The van der Waals surface area contributed by atoms with Crippen LogP contribution < -0.4 is 10.1 Å². The van der Waals surface area contributed by atoms with E-state index in [1.807, 2.05) is 28.8 Å². The summed E-state index contributed by atoms with van der Waals surface area (Å²) in [6, 6.07) is 7.89. The van der Waals surface area contributed by atoms with Gasteiger partial charge in [-0.25, -0.2) is 4.79 Å². The number of allylic oxidation sites excluding steroid dienone is 1. The van der Waals surface area contributed by atoms with E-state index in [9.17, 15) is 14.4 Å². The fourth-order valence-electron chi connectivity index (χ4n) is 4.09. The normalized spacial score (nSPS) is 13.8. The van der Waals surface area contributed by atoms with Crippen LogP contribution in [-0.4, -0.2) is 41.0 Å². The van der Waals surface area contributed by atoms with E-state index in [2.05, 4.69) is 16.9 Å². The summed E-state index contributed by atoms with van der Waals surface area (Å²) in [5, 5.41) is 3.42. The van der Waals surface area contributed by atoms with Gasteiger partial charge in [0.05, 0.1) is 34.4 Å². The van der Waals surface area contributed by atoms with Crippen LogP contribution in [-0.2, 0) is 33.7 Å². The molecule has 3 aromatic rings. The zero-order valence-corrected chi connectivity index (χ0v) is 22.0. The minimum Gasteiger partial charge on any atom is -0.465 e. The van der Waals surface area contributed by atoms with E-state index in [1.54, 1.807) is 6.08 Å². The Hall–Kier alpha value is -2.69. The summed E-state index contributed by atoms with van der Waals surface area (Å²) in [5.74, 6) is -0.806. The number of hydrogen-bond acceptors (Lipinski definition) is 7. The Kier molecular flexibility index (Phi) is 8.59. The second kappa shape index (κ2) is 11.8. The number of fused-ring (bicyclic) bond motifs is 2. The van der Waals surface area contributed by atoms with Crippen LogP contribution >= 0.6 is 34.4 Å². The quantitative estimate of drug-likeness (QED) is 0.257. The SMILES string of the molecule is C=CCn1c(=NC(=O)CSCC(=O)Nc2sc3c(c2C(=O)OC)CCCCC3)sc2ccccc21. The predicted octanol–water partition coefficient (Wildman–Crippen LogP) is 4.81. The highest BCUT2D eigenvalue weighted by Crippen LogP contribution is 2.38. The molecule has 0 atom stereocenters. The molecule has 0 aliphatic heterocycles. The zero-order valence-electron chi connectivity index (χ0n) is 19.5. The molecule has 1 aliphatic rings. The molecule has 0 spiro atoms. The molecule has 1 aliphatic carbocycles. The number of aromatic nitrogens is 1. The number of thiazole rings is 1. The van der Waals surface area contributed by atoms with Crippen molar-refractivity contribution in [3.05, 3.63) is 57.7 Å². The van der Waals surface area contributed by atoms with E-state index in [0.29, 0.717) is 21.9 Å². The van der Waals surface area contributed by atoms with Crippen LogP contribution in [0.1, 0.15) is 40.1 Å². The highest BCUT2D eigenvalue weighted by atomic mass is 32.2. The van der Waals surface area contributed by atoms with Crippen LogP contribution in [0.2, 0.25) is 0 Å². The number of anilines is 1. The van der Waals surface area contributed by atoms with Gasteiger partial charge < -0.3 is 14.6 Å². The monoisotopic (exact) mass is 529 g/mol. The first-order chi connectivity index (χ1) is 17.0. The molecule has 0 unspecified atom stereocenters. The molecule has 0 radical (unpaired) electrons. The smallest absolute Gasteiger partial charge is 0.341 e. The molecule has 35 heavy (non-hydrogen) atoms. The van der Waals surface area contributed by atoms with Gasteiger partial charge in [-0.2, -0.15) is 4.99 Å². The van der Waals surface area contributed by atoms with Crippen molar-refractivity contribution in [1.82, 2.24) is 4.57 Å². The minimum atomic E-state index is -0.419. The predicted molar refractivity (Wildman–Crippen MR) is 143 cm³/mol. The Morgan fingerprint density at radius 1 is 1.17 bits per heavy atom. The summed E-state index contributed by atoms with van der Waals surface area (Å²) in [6.07, 6.45) is 6.74. The number of rotatable bonds is 8. The molecular formula is C25H27N3O4S3. The van der Waals surface area contributed by atoms with Crippen molar-refractivity contribution in [3.8, 4) is 0 Å². The lowest BCUT2D eigenvalue weighted by molar-refractivity contribution is -0.115. The first-order valence-corrected chi connectivity index (χ1v) is 14.2. The van der Waals surface area contributed by atoms with Gasteiger partial charge in [0.1, 0.15) is 5.00 Å². The van der Waals surface area contributed by atoms with Crippen LogP contribution in [0.3, 0.4) is 0 Å². The van der Waals surface area contributed by atoms with Gasteiger partial charge >= 0.3 is 5.97 Å². The van der Waals surface area contributed by atoms with Crippen molar-refractivity contribution in [2.75, 3.05) is 23.9 Å². The van der Waals surface area contributed by atoms with Crippen molar-refractivity contribution in [2.45, 2.75) is 38.6 Å². The number of nitrogens with one attached hydrogen (secondary N) is 1. The number of para-hydroxylation sites is 1. The maximum atomic E-state index is 12.6. The van der Waals surface area contributed by atoms with Gasteiger partial charge in [0.2, 0.25) is 5.91 Å². The number of aryl methyl sites for hydroxylation is 1. The molecular weight excluding hydrogens is 502 g/mol. The number of methoxy groups -OCH3 is 1. The highest BCUT2D eigenvalue weighted by Gasteiger charge is 2.26. The Morgan fingerprint density at radius 3 is 2.77 bits per heavy atom. The molecule has 0 bridgehead atoms. The maximum absolute atomic E-state index is 12.6. The molecule has 0 fully saturated rings. The highest BCUT2D eigenvalue weighted by molar-refractivity contribution is 8.00. The number of thiophene rings is 1. The van der Waals surface area contributed by atoms with Gasteiger partial charge in [0.25, 0.3) is 5.91 Å². The molecule has 2 aromatic heterocycles. The molecule has 0 saturated heterocycles. The Labute approximate surface area is 215 Å². The van der Waals surface area contributed by atoms with Crippen LogP contribution in [0.15, 0.2) is 41.9 Å². The van der Waals surface area contributed by atoms with Gasteiger partial charge in [-0.05, 0) is 43.4 Å². The van der Waals surface area contributed by atoms with Crippen molar-refractivity contribution in [1.29, 1.82) is 0 Å². The number of nitrogens with zero attached hydrogens (tertiary/aromatic N) is 2. The van der Waals surface area contributed by atoms with E-state index < -0.39 is 5.97 Å². The van der Waals surface area contributed by atoms with Crippen LogP contribution in [0.25, 0.3) is 10.2 Å². The lowest BCUT2D eigenvalue weighted by atomic mass is 10.1. The van der Waals surface area contributed by atoms with Gasteiger partial charge in [-0.1, -0.05) is 36.0 Å². The number of amides is 2. The van der Waals surface area contributed by atoms with E-state index in [0.717, 1.165) is 52.8 Å². The van der Waals surface area contributed by atoms with Gasteiger partial charge in [0, 0.05) is 11.4 Å². The largest absolute Gasteiger partial charge is 0.465 e. The lowest BCUT2D eigenvalue weighted by Gasteiger charge is -2.07. The molecule has 4 rings (SSSR count). The Balaban J connectivity index is 1.40. The third-order valence-electron chi connectivity index (χ3n) is 5.64. The molecule has 2 heterocycles. The minimum absolute atomic E-state index is 0.0839. The number of benzene rings is 1. The first kappa shape index (κ1) is 25.4. The standard InChI is InChI=1S/C25H27N3O4S3/c1-3-13-28-17-10-7-8-12-19(17)35-25(28)27-21(30)15-33-14-20(29)26-23-22(24(31)32-2)16-9-5-4-6-11-18(16)34-23/h3,7-8,10,12H,1,4-6,9,11,13-15H2,2H3,(H,26,29). The molecule has 7 nitrogen and oxygen atoms in total. The van der Waals surface area contributed by atoms with Crippen molar-refractivity contribution in [2.24, 2.45) is 4.99 Å². The van der Waals surface area contributed by atoms with Crippen LogP contribution in [0, 0.1) is 0 Å². The van der Waals surface area contributed by atoms with E-state index in [-0.39, 0.29) is 23.3 Å². The molecule has 184 valence electrons. The summed E-state index contributed by atoms with van der Waals surface area (Å²) in [6.45, 7) is 4.35. The number of hydrogen-bond donors (Lipinski definition) is 1. The van der Waals surface area contributed by atoms with E-state index in [4.69, 9.17) is 4.74 Å². The lowest BCUT2D eigenvalue weighted by Crippen LogP contribution is -2.19. The average Bonchev–Trinajstić information content (AvgIpc) is 3.26. The second-order valence-electron chi connectivity index (χ2n) is 8.06. The zero-order chi connectivity index (χ0) is 24.8. The maximum Gasteiger partial charge on any atom is 0.341 e. The summed E-state index contributed by atoms with van der Waals surface area (Å²) in [5.41, 5.74) is 2.49. The topological polar surface area (TPSA) is 89.8 Å². The average molecular weight is 530 g/mol. The number of ether oxygens (including phenoxy) is 1. The Morgan fingerprint density at radius 2 is 1.97 bits per heavy atom. The molecule has 0 saturated carbocycles. The van der Waals surface area contributed by atoms with Crippen molar-refractivity contribution >= 4 is 67.4 Å². The molecule has 2 amide bonds. The van der Waals surface area contributed by atoms with Gasteiger partial charge in [0.15, 0.2) is 4.80 Å². The number of thioether (sulfide) groups is 1. The van der Waals surface area contributed by atoms with Crippen molar-refractivity contribution < 1.29 is 19.1 Å². The third kappa shape index (κ3) is 5.94. The number of carbonyl (C=O) groups is 3. The summed E-state index contributed by atoms with van der Waals surface area (Å²) in [7, 11) is 1.36. The summed E-state index contributed by atoms with van der Waals surface area (Å²) in [4.78, 5) is 43.6.